The molecular formula is C16H13N3O3S. The molecular weight excluding hydrogens is 314 g/mol. The van der Waals surface area contributed by atoms with Crippen molar-refractivity contribution < 1.29 is 9.52 Å². The quantitative estimate of drug-likeness (QED) is 0.567. The van der Waals surface area contributed by atoms with Crippen LogP contribution in [0.3, 0.4) is 0 Å². The summed E-state index contributed by atoms with van der Waals surface area (Å²) in [5, 5.41) is 16.2. The molecule has 0 fully saturated rings. The summed E-state index contributed by atoms with van der Waals surface area (Å²) in [5.74, 6) is 0.195. The molecule has 0 amide bonds. The van der Waals surface area contributed by atoms with E-state index in [0.29, 0.717) is 16.6 Å². The molecule has 0 atom stereocenters. The Morgan fingerprint density at radius 3 is 2.87 bits per heavy atom. The van der Waals surface area contributed by atoms with Crippen LogP contribution in [0.25, 0.3) is 11.3 Å². The van der Waals surface area contributed by atoms with Gasteiger partial charge in [-0.05, 0) is 12.5 Å². The first kappa shape index (κ1) is 15.0. The van der Waals surface area contributed by atoms with Crippen molar-refractivity contribution >= 4 is 22.7 Å². The zero-order valence-electron chi connectivity index (χ0n) is 12.2. The number of thiazole rings is 1. The van der Waals surface area contributed by atoms with Crippen molar-refractivity contribution in [3.63, 3.8) is 0 Å². The number of aromatic hydroxyl groups is 1. The molecule has 2 N–H and O–H groups in total. The number of hydrogen-bond acceptors (Lipinski definition) is 7. The number of aromatic nitrogens is 1. The van der Waals surface area contributed by atoms with Gasteiger partial charge in [-0.25, -0.2) is 9.78 Å². The van der Waals surface area contributed by atoms with E-state index in [2.05, 4.69) is 15.5 Å². The molecule has 0 aliphatic rings. The topological polar surface area (TPSA) is 87.7 Å². The molecule has 0 unspecified atom stereocenters. The Bertz CT molecular complexity index is 900. The lowest BCUT2D eigenvalue weighted by molar-refractivity contribution is 0.438. The molecule has 7 heteroatoms. The van der Waals surface area contributed by atoms with Crippen LogP contribution in [0.4, 0.5) is 5.13 Å². The lowest BCUT2D eigenvalue weighted by Gasteiger charge is -2.00. The van der Waals surface area contributed by atoms with E-state index in [1.807, 2.05) is 30.3 Å². The van der Waals surface area contributed by atoms with Crippen LogP contribution >= 0.6 is 11.3 Å². The highest BCUT2D eigenvalue weighted by Crippen LogP contribution is 2.29. The van der Waals surface area contributed by atoms with Crippen molar-refractivity contribution in [3.05, 3.63) is 63.5 Å². The molecule has 2 aromatic heterocycles. The first-order chi connectivity index (χ1) is 11.1. The van der Waals surface area contributed by atoms with Crippen LogP contribution in [0.2, 0.25) is 0 Å². The van der Waals surface area contributed by atoms with Gasteiger partial charge in [0.15, 0.2) is 0 Å². The Labute approximate surface area is 135 Å². The third kappa shape index (κ3) is 3.46. The van der Waals surface area contributed by atoms with Crippen molar-refractivity contribution in [3.8, 4) is 17.0 Å². The minimum atomic E-state index is -0.618. The minimum absolute atomic E-state index is 0.0481. The number of nitrogens with zero attached hydrogens (tertiary/aromatic N) is 2. The fourth-order valence-corrected chi connectivity index (χ4v) is 2.62. The molecule has 0 saturated heterocycles. The molecule has 0 aliphatic carbocycles. The van der Waals surface area contributed by atoms with E-state index in [1.165, 1.54) is 17.4 Å². The highest BCUT2D eigenvalue weighted by molar-refractivity contribution is 7.14. The second kappa shape index (κ2) is 6.45. The Kier molecular flexibility index (Phi) is 4.20. The van der Waals surface area contributed by atoms with Crippen LogP contribution in [-0.4, -0.2) is 16.3 Å². The van der Waals surface area contributed by atoms with Crippen LogP contribution in [-0.2, 0) is 0 Å². The fraction of sp³-hybridized carbons (Fsp3) is 0.0625. The summed E-state index contributed by atoms with van der Waals surface area (Å²) in [6.45, 7) is 1.59. The highest BCUT2D eigenvalue weighted by Gasteiger charge is 2.15. The smallest absolute Gasteiger partial charge is 0.349 e. The van der Waals surface area contributed by atoms with Crippen LogP contribution in [0, 0.1) is 6.92 Å². The van der Waals surface area contributed by atoms with Gasteiger partial charge < -0.3 is 9.52 Å². The standard InChI is InChI=1S/C16H13N3O3S/c1-10-7-13(20)14(15(21)22-10)12-9-23-16(18-12)19-17-8-11-5-3-2-4-6-11/h2-9,20H,1H3,(H,18,19). The number of anilines is 1. The number of nitrogens with one attached hydrogen (secondary N) is 1. The fourth-order valence-electron chi connectivity index (χ4n) is 1.97. The van der Waals surface area contributed by atoms with E-state index in [-0.39, 0.29) is 11.3 Å². The van der Waals surface area contributed by atoms with Gasteiger partial charge in [0.2, 0.25) is 5.13 Å². The molecule has 3 aromatic rings. The van der Waals surface area contributed by atoms with E-state index < -0.39 is 5.63 Å². The summed E-state index contributed by atoms with van der Waals surface area (Å²) in [5.41, 5.74) is 3.52. The average molecular weight is 327 g/mol. The van der Waals surface area contributed by atoms with Crippen LogP contribution in [0.15, 0.2) is 56.1 Å². The van der Waals surface area contributed by atoms with Crippen molar-refractivity contribution in [2.24, 2.45) is 5.10 Å². The van der Waals surface area contributed by atoms with E-state index in [1.54, 1.807) is 18.5 Å². The van der Waals surface area contributed by atoms with Gasteiger partial charge in [0.05, 0.1) is 11.9 Å². The predicted octanol–water partition coefficient (Wildman–Crippen LogP) is 3.22. The molecule has 0 spiro atoms. The average Bonchev–Trinajstić information content (AvgIpc) is 2.96. The maximum absolute atomic E-state index is 11.9. The largest absolute Gasteiger partial charge is 0.507 e. The molecule has 0 bridgehead atoms. The summed E-state index contributed by atoms with van der Waals surface area (Å²) in [6.07, 6.45) is 1.67. The van der Waals surface area contributed by atoms with Gasteiger partial charge in [-0.3, -0.25) is 5.43 Å². The Hall–Kier alpha value is -2.93. The second-order valence-corrected chi connectivity index (χ2v) is 5.58. The normalized spacial score (nSPS) is 11.0. The first-order valence-corrected chi connectivity index (χ1v) is 7.65. The molecule has 1 aromatic carbocycles. The van der Waals surface area contributed by atoms with Gasteiger partial charge in [-0.15, -0.1) is 11.3 Å². The van der Waals surface area contributed by atoms with Gasteiger partial charge in [0, 0.05) is 11.4 Å². The second-order valence-electron chi connectivity index (χ2n) is 4.72. The number of benzene rings is 1. The summed E-state index contributed by atoms with van der Waals surface area (Å²) < 4.78 is 4.99. The van der Waals surface area contributed by atoms with Crippen LogP contribution in [0.5, 0.6) is 5.75 Å². The van der Waals surface area contributed by atoms with E-state index in [9.17, 15) is 9.90 Å². The number of rotatable bonds is 4. The summed E-state index contributed by atoms with van der Waals surface area (Å²) in [4.78, 5) is 16.1. The van der Waals surface area contributed by atoms with E-state index in [0.717, 1.165) is 5.56 Å². The molecule has 23 heavy (non-hydrogen) atoms. The van der Waals surface area contributed by atoms with Gasteiger partial charge in [0.25, 0.3) is 0 Å². The summed E-state index contributed by atoms with van der Waals surface area (Å²) in [6, 6.07) is 11.0. The zero-order chi connectivity index (χ0) is 16.2. The SMILES string of the molecule is Cc1cc(O)c(-c2csc(NN=Cc3ccccc3)n2)c(=O)o1. The number of hydrazone groups is 1. The van der Waals surface area contributed by atoms with Gasteiger partial charge in [-0.2, -0.15) is 5.10 Å². The summed E-state index contributed by atoms with van der Waals surface area (Å²) >= 11 is 1.27. The zero-order valence-corrected chi connectivity index (χ0v) is 13.0. The van der Waals surface area contributed by atoms with Crippen molar-refractivity contribution in [2.45, 2.75) is 6.92 Å². The molecule has 2 heterocycles. The minimum Gasteiger partial charge on any atom is -0.507 e. The van der Waals surface area contributed by atoms with Crippen molar-refractivity contribution in [1.29, 1.82) is 0 Å². The summed E-state index contributed by atoms with van der Waals surface area (Å²) in [7, 11) is 0. The lowest BCUT2D eigenvalue weighted by Crippen LogP contribution is -2.04. The van der Waals surface area contributed by atoms with Crippen molar-refractivity contribution in [2.75, 3.05) is 5.43 Å². The maximum atomic E-state index is 11.9. The maximum Gasteiger partial charge on any atom is 0.349 e. The Morgan fingerprint density at radius 2 is 2.13 bits per heavy atom. The van der Waals surface area contributed by atoms with Gasteiger partial charge in [-0.1, -0.05) is 30.3 Å². The van der Waals surface area contributed by atoms with Gasteiger partial charge in [0.1, 0.15) is 17.1 Å². The third-order valence-corrected chi connectivity index (χ3v) is 3.73. The molecule has 6 nitrogen and oxygen atoms in total. The first-order valence-electron chi connectivity index (χ1n) is 6.77. The van der Waals surface area contributed by atoms with Crippen LogP contribution < -0.4 is 11.1 Å². The predicted molar refractivity (Wildman–Crippen MR) is 90.1 cm³/mol. The third-order valence-electron chi connectivity index (χ3n) is 2.99. The Morgan fingerprint density at radius 1 is 1.35 bits per heavy atom. The molecule has 0 radical (unpaired) electrons. The molecule has 116 valence electrons. The van der Waals surface area contributed by atoms with Crippen LogP contribution in [0.1, 0.15) is 11.3 Å². The molecule has 0 saturated carbocycles. The Balaban J connectivity index is 1.79. The number of aryl methyl sites for hydroxylation is 1. The van der Waals surface area contributed by atoms with Gasteiger partial charge >= 0.3 is 5.63 Å². The molecule has 0 aliphatic heterocycles. The molecule has 3 rings (SSSR count). The monoisotopic (exact) mass is 327 g/mol. The van der Waals surface area contributed by atoms with E-state index in [4.69, 9.17) is 4.42 Å². The number of hydrogen-bond donors (Lipinski definition) is 2. The van der Waals surface area contributed by atoms with Crippen molar-refractivity contribution in [1.82, 2.24) is 4.98 Å². The highest BCUT2D eigenvalue weighted by atomic mass is 32.1. The lowest BCUT2D eigenvalue weighted by atomic mass is 10.2. The van der Waals surface area contributed by atoms with E-state index >= 15 is 0 Å².